The smallest absolute Gasteiger partial charge is 0.490 e. The van der Waals surface area contributed by atoms with Crippen molar-refractivity contribution in [1.29, 1.82) is 0 Å². The van der Waals surface area contributed by atoms with Crippen LogP contribution in [0.2, 0.25) is 5.02 Å². The molecule has 0 bridgehead atoms. The number of halogens is 7. The van der Waals surface area contributed by atoms with Crippen LogP contribution in [-0.2, 0) is 27.5 Å². The number of sulfonamides is 1. The number of rotatable bonds is 14. The lowest BCUT2D eigenvalue weighted by Gasteiger charge is -2.29. The van der Waals surface area contributed by atoms with Gasteiger partial charge in [-0.2, -0.15) is 26.3 Å². The summed E-state index contributed by atoms with van der Waals surface area (Å²) in [5.41, 5.74) is 3.01. The van der Waals surface area contributed by atoms with Gasteiger partial charge in [0.25, 0.3) is 0 Å². The number of hydrogen-bond acceptors (Lipinski definition) is 5. The molecular formula is C36H37ClF6N2O5S. The molecule has 15 heteroatoms. The molecule has 0 aliphatic rings. The van der Waals surface area contributed by atoms with Crippen molar-refractivity contribution in [3.63, 3.8) is 0 Å². The fraction of sp³-hybridized carbons (Fsp3) is 0.306. The highest BCUT2D eigenvalue weighted by Gasteiger charge is 2.38. The largest absolute Gasteiger partial charge is 0.493 e. The molecule has 0 saturated carbocycles. The number of hydrogen-bond donors (Lipinski definition) is 2. The van der Waals surface area contributed by atoms with Gasteiger partial charge in [0.15, 0.2) is 0 Å². The third-order valence-electron chi connectivity index (χ3n) is 7.58. The third kappa shape index (κ3) is 13.1. The van der Waals surface area contributed by atoms with Gasteiger partial charge in [-0.25, -0.2) is 13.2 Å². The first kappa shape index (κ1) is 41.2. The van der Waals surface area contributed by atoms with Crippen molar-refractivity contribution >= 4 is 33.3 Å². The summed E-state index contributed by atoms with van der Waals surface area (Å²) in [5.74, 6) is -2.28. The van der Waals surface area contributed by atoms with Crippen molar-refractivity contribution < 1.29 is 49.4 Å². The second-order valence-electron chi connectivity index (χ2n) is 11.4. The predicted molar refractivity (Wildman–Crippen MR) is 185 cm³/mol. The Labute approximate surface area is 297 Å². The van der Waals surface area contributed by atoms with E-state index in [4.69, 9.17) is 26.2 Å². The van der Waals surface area contributed by atoms with Crippen LogP contribution in [0.15, 0.2) is 97.1 Å². The molecule has 2 N–H and O–H groups in total. The van der Waals surface area contributed by atoms with Crippen molar-refractivity contribution in [2.24, 2.45) is 0 Å². The summed E-state index contributed by atoms with van der Waals surface area (Å²) < 4.78 is 105. The molecule has 51 heavy (non-hydrogen) atoms. The van der Waals surface area contributed by atoms with E-state index in [-0.39, 0.29) is 23.2 Å². The maximum atomic E-state index is 13.6. The van der Waals surface area contributed by atoms with Gasteiger partial charge in [0.05, 0.1) is 28.6 Å². The van der Waals surface area contributed by atoms with Gasteiger partial charge >= 0.3 is 18.3 Å². The average molecular weight is 759 g/mol. The predicted octanol–water partition coefficient (Wildman–Crippen LogP) is 9.17. The Morgan fingerprint density at radius 1 is 0.902 bits per heavy atom. The molecule has 4 aromatic rings. The molecule has 276 valence electrons. The van der Waals surface area contributed by atoms with Gasteiger partial charge in [-0.1, -0.05) is 90.5 Å². The lowest BCUT2D eigenvalue weighted by atomic mass is 9.90. The molecule has 4 aromatic carbocycles. The lowest BCUT2D eigenvalue weighted by Crippen LogP contribution is -2.31. The molecule has 0 atom stereocenters. The zero-order valence-electron chi connectivity index (χ0n) is 27.6. The normalized spacial score (nSPS) is 12.0. The van der Waals surface area contributed by atoms with Crippen LogP contribution >= 0.6 is 11.6 Å². The average Bonchev–Trinajstić information content (AvgIpc) is 3.07. The maximum Gasteiger partial charge on any atom is 0.490 e. The highest BCUT2D eigenvalue weighted by molar-refractivity contribution is 7.92. The number of anilines is 1. The number of carboxylic acids is 1. The summed E-state index contributed by atoms with van der Waals surface area (Å²) in [5, 5.41) is 6.83. The molecule has 0 fully saturated rings. The molecular weight excluding hydrogens is 722 g/mol. The van der Waals surface area contributed by atoms with Crippen LogP contribution in [0.25, 0.3) is 0 Å². The van der Waals surface area contributed by atoms with Crippen molar-refractivity contribution in [1.82, 2.24) is 4.90 Å². The van der Waals surface area contributed by atoms with Gasteiger partial charge in [0.1, 0.15) is 5.75 Å². The minimum absolute atomic E-state index is 0.0339. The van der Waals surface area contributed by atoms with Crippen molar-refractivity contribution in [2.75, 3.05) is 30.2 Å². The van der Waals surface area contributed by atoms with Gasteiger partial charge in [0, 0.05) is 31.6 Å². The number of carbonyl (C=O) groups is 1. The molecule has 0 aromatic heterocycles. The van der Waals surface area contributed by atoms with E-state index in [1.54, 1.807) is 31.2 Å². The second-order valence-corrected chi connectivity index (χ2v) is 13.8. The van der Waals surface area contributed by atoms with Crippen LogP contribution in [0.3, 0.4) is 0 Å². The van der Waals surface area contributed by atoms with E-state index in [1.165, 1.54) is 6.07 Å². The van der Waals surface area contributed by atoms with Crippen molar-refractivity contribution in [3.05, 3.63) is 130 Å². The SMILES string of the molecule is CCS(=O)(=O)Nc1ccc(C)c(OCCCN(Cc2cccc(C(F)(F)F)c2Cl)CC(c2ccccc2)c2ccccc2)c1.O=C(O)C(F)(F)F. The number of aryl methyl sites for hydroxylation is 1. The zero-order valence-corrected chi connectivity index (χ0v) is 29.2. The molecule has 0 aliphatic heterocycles. The minimum Gasteiger partial charge on any atom is -0.493 e. The highest BCUT2D eigenvalue weighted by atomic mass is 35.5. The van der Waals surface area contributed by atoms with E-state index in [1.807, 2.05) is 43.3 Å². The second kappa shape index (κ2) is 18.3. The number of nitrogens with zero attached hydrogens (tertiary/aromatic N) is 1. The standard InChI is InChI=1S/C34H36ClF3N2O3S.C2HF3O2/c1-3-44(41,42)39-29-19-18-25(2)32(22-29)43-21-11-20-40(23-28-16-10-17-31(33(28)35)34(36,37)38)24-30(26-12-6-4-7-13-26)27-14-8-5-9-15-27;3-2(4,5)1(6)7/h4-10,12-19,22,30,39H,3,11,20-21,23-24H2,1-2H3;(H,6,7). The minimum atomic E-state index is -5.08. The number of ether oxygens (including phenoxy) is 1. The van der Waals surface area contributed by atoms with E-state index in [2.05, 4.69) is 33.9 Å². The van der Waals surface area contributed by atoms with Gasteiger partial charge in [-0.15, -0.1) is 0 Å². The number of alkyl halides is 6. The molecule has 0 unspecified atom stereocenters. The Hall–Kier alpha value is -4.27. The monoisotopic (exact) mass is 758 g/mol. The van der Waals surface area contributed by atoms with Crippen LogP contribution in [0.1, 0.15) is 47.1 Å². The first-order chi connectivity index (χ1) is 23.9. The van der Waals surface area contributed by atoms with E-state index in [0.717, 1.165) is 22.8 Å². The van der Waals surface area contributed by atoms with Crippen molar-refractivity contribution in [2.45, 2.75) is 45.1 Å². The van der Waals surface area contributed by atoms with E-state index in [9.17, 15) is 34.8 Å². The molecule has 0 radical (unpaired) electrons. The topological polar surface area (TPSA) is 95.9 Å². The fourth-order valence-corrected chi connectivity index (χ4v) is 5.89. The first-order valence-corrected chi connectivity index (χ1v) is 17.6. The first-order valence-electron chi connectivity index (χ1n) is 15.6. The molecule has 0 heterocycles. The number of benzene rings is 4. The Balaban J connectivity index is 0.000000908. The molecule has 0 saturated heterocycles. The quantitative estimate of drug-likeness (QED) is 0.0984. The summed E-state index contributed by atoms with van der Waals surface area (Å²) in [7, 11) is -3.44. The summed E-state index contributed by atoms with van der Waals surface area (Å²) in [4.78, 5) is 11.0. The van der Waals surface area contributed by atoms with E-state index < -0.39 is 33.9 Å². The van der Waals surface area contributed by atoms with Crippen LogP contribution in [0.5, 0.6) is 5.75 Å². The Kier molecular flexibility index (Phi) is 14.8. The number of aliphatic carboxylic acids is 1. The van der Waals surface area contributed by atoms with Gasteiger partial charge in [0.2, 0.25) is 10.0 Å². The molecule has 0 aliphatic carbocycles. The summed E-state index contributed by atoms with van der Waals surface area (Å²) >= 11 is 6.32. The molecule has 7 nitrogen and oxygen atoms in total. The maximum absolute atomic E-state index is 13.6. The zero-order chi connectivity index (χ0) is 37.8. The van der Waals surface area contributed by atoms with Gasteiger partial charge < -0.3 is 9.84 Å². The van der Waals surface area contributed by atoms with Crippen LogP contribution < -0.4 is 9.46 Å². The Morgan fingerprint density at radius 2 is 1.47 bits per heavy atom. The molecule has 0 spiro atoms. The van der Waals surface area contributed by atoms with Crippen LogP contribution in [-0.4, -0.2) is 56.0 Å². The number of carboxylic acid groups (broad SMARTS) is 1. The van der Waals surface area contributed by atoms with E-state index >= 15 is 0 Å². The van der Waals surface area contributed by atoms with Crippen LogP contribution in [0, 0.1) is 6.92 Å². The lowest BCUT2D eigenvalue weighted by molar-refractivity contribution is -0.192. The molecule has 0 amide bonds. The number of nitrogens with one attached hydrogen (secondary N) is 1. The fourth-order valence-electron chi connectivity index (χ4n) is 4.97. The Morgan fingerprint density at radius 3 is 1.98 bits per heavy atom. The Bertz CT molecular complexity index is 1790. The highest BCUT2D eigenvalue weighted by Crippen LogP contribution is 2.37. The van der Waals surface area contributed by atoms with Gasteiger partial charge in [-0.05, 0) is 54.7 Å². The molecule has 4 rings (SSSR count). The van der Waals surface area contributed by atoms with Crippen molar-refractivity contribution in [3.8, 4) is 5.75 Å². The third-order valence-corrected chi connectivity index (χ3v) is 9.34. The summed E-state index contributed by atoms with van der Waals surface area (Å²) in [6.45, 7) is 5.02. The summed E-state index contributed by atoms with van der Waals surface area (Å²) in [6.07, 6.45) is -9.07. The van der Waals surface area contributed by atoms with Crippen LogP contribution in [0.4, 0.5) is 32.0 Å². The van der Waals surface area contributed by atoms with E-state index in [0.29, 0.717) is 43.1 Å². The van der Waals surface area contributed by atoms with Gasteiger partial charge in [-0.3, -0.25) is 9.62 Å². The summed E-state index contributed by atoms with van der Waals surface area (Å²) in [6, 6.07) is 29.2.